The van der Waals surface area contributed by atoms with Crippen molar-refractivity contribution in [3.63, 3.8) is 0 Å². The summed E-state index contributed by atoms with van der Waals surface area (Å²) >= 11 is 5.91. The van der Waals surface area contributed by atoms with E-state index in [1.165, 1.54) is 12.4 Å². The minimum atomic E-state index is -0.136. The first-order chi connectivity index (χ1) is 8.58. The van der Waals surface area contributed by atoms with E-state index in [1.807, 2.05) is 6.92 Å². The van der Waals surface area contributed by atoms with Crippen LogP contribution < -0.4 is 0 Å². The van der Waals surface area contributed by atoms with E-state index in [4.69, 9.17) is 11.6 Å². The second kappa shape index (κ2) is 5.19. The van der Waals surface area contributed by atoms with Gasteiger partial charge in [0.25, 0.3) is 0 Å². The maximum atomic E-state index is 12.1. The van der Waals surface area contributed by atoms with Crippen molar-refractivity contribution in [3.8, 4) is 5.75 Å². The molecule has 2 aromatic rings. The molecule has 0 atom stereocenters. The maximum Gasteiger partial charge on any atom is 0.168 e. The lowest BCUT2D eigenvalue weighted by atomic mass is 10.0. The van der Waals surface area contributed by atoms with E-state index < -0.39 is 0 Å². The topological polar surface area (TPSA) is 50.2 Å². The standard InChI is InChI=1S/C14H12ClNO2/c1-9-2-3-13(17)10(6-9)7-14(18)11-4-5-16-8-12(11)15/h2-6,8,17H,7H2,1H3. The highest BCUT2D eigenvalue weighted by Crippen LogP contribution is 2.22. The lowest BCUT2D eigenvalue weighted by molar-refractivity contribution is 0.0992. The van der Waals surface area contributed by atoms with E-state index >= 15 is 0 Å². The number of aromatic nitrogens is 1. The van der Waals surface area contributed by atoms with Gasteiger partial charge in [0.2, 0.25) is 0 Å². The van der Waals surface area contributed by atoms with Gasteiger partial charge in [0.05, 0.1) is 5.02 Å². The Hall–Kier alpha value is -1.87. The number of aryl methyl sites for hydroxylation is 1. The van der Waals surface area contributed by atoms with Gasteiger partial charge < -0.3 is 5.11 Å². The number of phenols is 1. The van der Waals surface area contributed by atoms with E-state index in [0.29, 0.717) is 16.1 Å². The predicted octanol–water partition coefficient (Wildman–Crippen LogP) is 3.17. The molecule has 0 fully saturated rings. The third kappa shape index (κ3) is 2.68. The number of carbonyl (C=O) groups excluding carboxylic acids is 1. The van der Waals surface area contributed by atoms with Crippen molar-refractivity contribution >= 4 is 17.4 Å². The lowest BCUT2D eigenvalue weighted by Crippen LogP contribution is -2.05. The third-order valence-corrected chi connectivity index (χ3v) is 2.96. The summed E-state index contributed by atoms with van der Waals surface area (Å²) in [5.41, 5.74) is 2.02. The smallest absolute Gasteiger partial charge is 0.168 e. The fourth-order valence-electron chi connectivity index (χ4n) is 1.73. The Morgan fingerprint density at radius 2 is 2.17 bits per heavy atom. The zero-order valence-electron chi connectivity index (χ0n) is 9.85. The molecule has 1 aromatic heterocycles. The van der Waals surface area contributed by atoms with E-state index in [0.717, 1.165) is 5.56 Å². The summed E-state index contributed by atoms with van der Waals surface area (Å²) in [5, 5.41) is 10.0. The summed E-state index contributed by atoms with van der Waals surface area (Å²) in [4.78, 5) is 15.9. The van der Waals surface area contributed by atoms with Crippen molar-refractivity contribution in [2.24, 2.45) is 0 Å². The number of hydrogen-bond acceptors (Lipinski definition) is 3. The van der Waals surface area contributed by atoms with E-state index in [9.17, 15) is 9.90 Å². The third-order valence-electron chi connectivity index (χ3n) is 2.66. The van der Waals surface area contributed by atoms with Crippen LogP contribution in [0.3, 0.4) is 0 Å². The van der Waals surface area contributed by atoms with Crippen molar-refractivity contribution in [1.82, 2.24) is 4.98 Å². The molecule has 4 heteroatoms. The van der Waals surface area contributed by atoms with Crippen molar-refractivity contribution < 1.29 is 9.90 Å². The molecular formula is C14H12ClNO2. The number of halogens is 1. The van der Waals surface area contributed by atoms with E-state index in [-0.39, 0.29) is 18.0 Å². The Morgan fingerprint density at radius 1 is 1.39 bits per heavy atom. The van der Waals surface area contributed by atoms with Crippen molar-refractivity contribution in [1.29, 1.82) is 0 Å². The van der Waals surface area contributed by atoms with Crippen LogP contribution in [0.2, 0.25) is 5.02 Å². The van der Waals surface area contributed by atoms with Gasteiger partial charge in [0.1, 0.15) is 5.75 Å². The van der Waals surface area contributed by atoms with Gasteiger partial charge in [-0.2, -0.15) is 0 Å². The molecule has 1 heterocycles. The number of pyridine rings is 1. The summed E-state index contributed by atoms with van der Waals surface area (Å²) in [6.45, 7) is 1.91. The van der Waals surface area contributed by atoms with Gasteiger partial charge in [-0.1, -0.05) is 29.3 Å². The molecule has 1 N–H and O–H groups in total. The SMILES string of the molecule is Cc1ccc(O)c(CC(=O)c2ccncc2Cl)c1. The van der Waals surface area contributed by atoms with E-state index in [2.05, 4.69) is 4.98 Å². The Kier molecular flexibility index (Phi) is 3.63. The first-order valence-electron chi connectivity index (χ1n) is 5.49. The molecule has 3 nitrogen and oxygen atoms in total. The molecule has 0 saturated carbocycles. The van der Waals surface area contributed by atoms with Gasteiger partial charge >= 0.3 is 0 Å². The van der Waals surface area contributed by atoms with Crippen LogP contribution >= 0.6 is 11.6 Å². The number of hydrogen-bond donors (Lipinski definition) is 1. The summed E-state index contributed by atoms with van der Waals surface area (Å²) in [7, 11) is 0. The van der Waals surface area contributed by atoms with Crippen molar-refractivity contribution in [2.75, 3.05) is 0 Å². The molecular weight excluding hydrogens is 250 g/mol. The average molecular weight is 262 g/mol. The highest BCUT2D eigenvalue weighted by atomic mass is 35.5. The molecule has 0 bridgehead atoms. The predicted molar refractivity (Wildman–Crippen MR) is 70.1 cm³/mol. The monoisotopic (exact) mass is 261 g/mol. The van der Waals surface area contributed by atoms with Crippen LogP contribution in [-0.2, 0) is 6.42 Å². The van der Waals surface area contributed by atoms with Crippen LogP contribution in [0.5, 0.6) is 5.75 Å². The molecule has 0 aliphatic heterocycles. The summed E-state index contributed by atoms with van der Waals surface area (Å²) in [5.74, 6) is -0.0116. The first-order valence-corrected chi connectivity index (χ1v) is 5.87. The second-order valence-electron chi connectivity index (χ2n) is 4.09. The van der Waals surface area contributed by atoms with Crippen LogP contribution in [-0.4, -0.2) is 15.9 Å². The molecule has 1 aromatic carbocycles. The Balaban J connectivity index is 2.27. The summed E-state index contributed by atoms with van der Waals surface area (Å²) in [6, 6.07) is 6.76. The van der Waals surface area contributed by atoms with Gasteiger partial charge in [0.15, 0.2) is 5.78 Å². The molecule has 2 rings (SSSR count). The van der Waals surface area contributed by atoms with E-state index in [1.54, 1.807) is 24.3 Å². The van der Waals surface area contributed by atoms with Gasteiger partial charge in [-0.3, -0.25) is 9.78 Å². The van der Waals surface area contributed by atoms with Crippen LogP contribution in [0.4, 0.5) is 0 Å². The van der Waals surface area contributed by atoms with Gasteiger partial charge in [-0.25, -0.2) is 0 Å². The average Bonchev–Trinajstić information content (AvgIpc) is 2.34. The molecule has 92 valence electrons. The summed E-state index contributed by atoms with van der Waals surface area (Å²) < 4.78 is 0. The number of rotatable bonds is 3. The number of aromatic hydroxyl groups is 1. The zero-order valence-corrected chi connectivity index (χ0v) is 10.6. The minimum absolute atomic E-state index is 0.122. The van der Waals surface area contributed by atoms with Crippen LogP contribution in [0.1, 0.15) is 21.5 Å². The number of nitrogens with zero attached hydrogens (tertiary/aromatic N) is 1. The molecule has 18 heavy (non-hydrogen) atoms. The van der Waals surface area contributed by atoms with Gasteiger partial charge in [0, 0.05) is 29.9 Å². The number of phenolic OH excluding ortho intramolecular Hbond substituents is 1. The lowest BCUT2D eigenvalue weighted by Gasteiger charge is -2.06. The maximum absolute atomic E-state index is 12.1. The normalized spacial score (nSPS) is 10.3. The quantitative estimate of drug-likeness (QED) is 0.864. The number of ketones is 1. The zero-order chi connectivity index (χ0) is 13.1. The Morgan fingerprint density at radius 3 is 2.89 bits per heavy atom. The summed E-state index contributed by atoms with van der Waals surface area (Å²) in [6.07, 6.45) is 3.08. The number of carbonyl (C=O) groups is 1. The molecule has 0 radical (unpaired) electrons. The fourth-order valence-corrected chi connectivity index (χ4v) is 1.95. The molecule has 0 unspecified atom stereocenters. The highest BCUT2D eigenvalue weighted by molar-refractivity contribution is 6.33. The molecule has 0 saturated heterocycles. The van der Waals surface area contributed by atoms with Gasteiger partial charge in [-0.15, -0.1) is 0 Å². The molecule has 0 aliphatic rings. The van der Waals surface area contributed by atoms with Crippen LogP contribution in [0.25, 0.3) is 0 Å². The van der Waals surface area contributed by atoms with Crippen molar-refractivity contribution in [2.45, 2.75) is 13.3 Å². The highest BCUT2D eigenvalue weighted by Gasteiger charge is 2.13. The Bertz CT molecular complexity index is 596. The fraction of sp³-hybridized carbons (Fsp3) is 0.143. The Labute approximate surface area is 110 Å². The second-order valence-corrected chi connectivity index (χ2v) is 4.49. The van der Waals surface area contributed by atoms with Gasteiger partial charge in [-0.05, 0) is 19.1 Å². The molecule has 0 aliphatic carbocycles. The minimum Gasteiger partial charge on any atom is -0.508 e. The molecule has 0 amide bonds. The number of Topliss-reactive ketones (excluding diaryl/α,β-unsaturated/α-hetero) is 1. The van der Waals surface area contributed by atoms with Crippen LogP contribution in [0, 0.1) is 6.92 Å². The van der Waals surface area contributed by atoms with Crippen LogP contribution in [0.15, 0.2) is 36.7 Å². The number of benzene rings is 1. The molecule has 0 spiro atoms. The first kappa shape index (κ1) is 12.6. The largest absolute Gasteiger partial charge is 0.508 e. The van der Waals surface area contributed by atoms with Crippen molar-refractivity contribution in [3.05, 3.63) is 58.4 Å².